The molecule has 0 saturated carbocycles. The van der Waals surface area contributed by atoms with Crippen LogP contribution < -0.4 is 20.1 Å². The maximum absolute atomic E-state index is 11.9. The zero-order valence-electron chi connectivity index (χ0n) is 15.6. The van der Waals surface area contributed by atoms with Crippen molar-refractivity contribution in [1.82, 2.24) is 10.6 Å². The van der Waals surface area contributed by atoms with Crippen LogP contribution in [0.3, 0.4) is 0 Å². The number of carbonyl (C=O) groups excluding carboxylic acids is 2. The molecule has 0 spiro atoms. The third-order valence-corrected chi connectivity index (χ3v) is 4.22. The van der Waals surface area contributed by atoms with Crippen LogP contribution >= 0.6 is 11.6 Å². The molecule has 144 valence electrons. The highest BCUT2D eigenvalue weighted by Crippen LogP contribution is 2.38. The molecule has 1 aromatic carbocycles. The monoisotopic (exact) mass is 382 g/mol. The minimum absolute atomic E-state index is 0.00612. The first kappa shape index (κ1) is 20.4. The number of rotatable bonds is 7. The Morgan fingerprint density at radius 1 is 1.12 bits per heavy atom. The van der Waals surface area contributed by atoms with E-state index in [1.165, 1.54) is 0 Å². The van der Waals surface area contributed by atoms with E-state index in [1.807, 2.05) is 32.9 Å². The summed E-state index contributed by atoms with van der Waals surface area (Å²) in [5.74, 6) is 1.20. The molecule has 1 aliphatic heterocycles. The molecule has 0 bridgehead atoms. The molecular formula is C19H27ClN2O4. The van der Waals surface area contributed by atoms with E-state index in [2.05, 4.69) is 10.6 Å². The highest BCUT2D eigenvalue weighted by molar-refractivity contribution is 6.32. The predicted octanol–water partition coefficient (Wildman–Crippen LogP) is 2.71. The van der Waals surface area contributed by atoms with Crippen molar-refractivity contribution in [3.8, 4) is 11.5 Å². The van der Waals surface area contributed by atoms with Crippen molar-refractivity contribution < 1.29 is 19.1 Å². The topological polar surface area (TPSA) is 76.7 Å². The number of ether oxygens (including phenoxy) is 2. The summed E-state index contributed by atoms with van der Waals surface area (Å²) < 4.78 is 11.0. The summed E-state index contributed by atoms with van der Waals surface area (Å²) in [6.45, 7) is 7.61. The predicted molar refractivity (Wildman–Crippen MR) is 101 cm³/mol. The summed E-state index contributed by atoms with van der Waals surface area (Å²) in [5, 5.41) is 6.24. The zero-order valence-corrected chi connectivity index (χ0v) is 16.4. The lowest BCUT2D eigenvalue weighted by Crippen LogP contribution is -2.35. The first-order chi connectivity index (χ1) is 12.3. The Morgan fingerprint density at radius 2 is 1.85 bits per heavy atom. The lowest BCUT2D eigenvalue weighted by atomic mass is 9.96. The number of amides is 2. The molecule has 1 heterocycles. The second-order valence-electron chi connectivity index (χ2n) is 7.31. The third-order valence-electron chi connectivity index (χ3n) is 3.94. The Bertz CT molecular complexity index is 656. The van der Waals surface area contributed by atoms with Gasteiger partial charge in [0.2, 0.25) is 11.8 Å². The van der Waals surface area contributed by atoms with Gasteiger partial charge >= 0.3 is 0 Å². The number of carbonyl (C=O) groups is 2. The minimum Gasteiger partial charge on any atom is -0.486 e. The quantitative estimate of drug-likeness (QED) is 0.711. The third kappa shape index (κ3) is 6.09. The van der Waals surface area contributed by atoms with Crippen LogP contribution in [0.15, 0.2) is 12.1 Å². The molecule has 2 amide bonds. The fourth-order valence-corrected chi connectivity index (χ4v) is 2.75. The van der Waals surface area contributed by atoms with Crippen LogP contribution in [-0.4, -0.2) is 38.1 Å². The van der Waals surface area contributed by atoms with Crippen LogP contribution in [0, 0.1) is 5.41 Å². The van der Waals surface area contributed by atoms with Gasteiger partial charge in [-0.1, -0.05) is 32.4 Å². The fraction of sp³-hybridized carbons (Fsp3) is 0.579. The average molecular weight is 383 g/mol. The molecule has 1 aromatic rings. The molecule has 7 heteroatoms. The lowest BCUT2D eigenvalue weighted by Gasteiger charge is -2.20. The summed E-state index contributed by atoms with van der Waals surface area (Å²) in [6, 6.07) is 3.73. The molecule has 0 aromatic heterocycles. The maximum Gasteiger partial charge on any atom is 0.225 e. The molecule has 6 nitrogen and oxygen atoms in total. The number of benzene rings is 1. The Hall–Kier alpha value is -1.95. The van der Waals surface area contributed by atoms with Crippen LogP contribution in [0.4, 0.5) is 0 Å². The van der Waals surface area contributed by atoms with Crippen molar-refractivity contribution in [2.45, 2.75) is 40.0 Å². The van der Waals surface area contributed by atoms with Gasteiger partial charge in [-0.25, -0.2) is 0 Å². The molecule has 26 heavy (non-hydrogen) atoms. The maximum atomic E-state index is 11.9. The van der Waals surface area contributed by atoms with Crippen molar-refractivity contribution in [1.29, 1.82) is 0 Å². The van der Waals surface area contributed by atoms with E-state index in [0.29, 0.717) is 62.1 Å². The highest BCUT2D eigenvalue weighted by Gasteiger charge is 2.20. The van der Waals surface area contributed by atoms with Crippen molar-refractivity contribution in [3.63, 3.8) is 0 Å². The van der Waals surface area contributed by atoms with E-state index >= 15 is 0 Å². The van der Waals surface area contributed by atoms with Gasteiger partial charge in [-0.3, -0.25) is 9.59 Å². The molecule has 0 saturated heterocycles. The van der Waals surface area contributed by atoms with Gasteiger partial charge < -0.3 is 20.1 Å². The van der Waals surface area contributed by atoms with Crippen molar-refractivity contribution >= 4 is 23.4 Å². The highest BCUT2D eigenvalue weighted by atomic mass is 35.5. The number of hydrogen-bond donors (Lipinski definition) is 2. The molecule has 1 aliphatic rings. The summed E-state index contributed by atoms with van der Waals surface area (Å²) in [4.78, 5) is 23.6. The van der Waals surface area contributed by atoms with Crippen LogP contribution in [0.2, 0.25) is 5.02 Å². The van der Waals surface area contributed by atoms with Gasteiger partial charge in [0, 0.05) is 24.9 Å². The molecule has 2 N–H and O–H groups in total. The second-order valence-corrected chi connectivity index (χ2v) is 7.72. The van der Waals surface area contributed by atoms with Gasteiger partial charge in [0.05, 0.1) is 5.02 Å². The van der Waals surface area contributed by atoms with E-state index in [9.17, 15) is 9.59 Å². The molecule has 0 radical (unpaired) electrons. The second kappa shape index (κ2) is 9.12. The number of halogens is 1. The molecule has 0 aliphatic carbocycles. The van der Waals surface area contributed by atoms with E-state index in [4.69, 9.17) is 21.1 Å². The molecule has 0 unspecified atom stereocenters. The molecule has 0 fully saturated rings. The summed E-state index contributed by atoms with van der Waals surface area (Å²) >= 11 is 6.20. The summed E-state index contributed by atoms with van der Waals surface area (Å²) in [7, 11) is 0. The van der Waals surface area contributed by atoms with Crippen molar-refractivity contribution in [3.05, 3.63) is 22.7 Å². The summed E-state index contributed by atoms with van der Waals surface area (Å²) in [5.41, 5.74) is 0.574. The normalized spacial score (nSPS) is 13.2. The Balaban J connectivity index is 1.67. The summed E-state index contributed by atoms with van der Waals surface area (Å²) in [6.07, 6.45) is 1.65. The number of fused-ring (bicyclic) bond motifs is 1. The van der Waals surface area contributed by atoms with Gasteiger partial charge in [0.1, 0.15) is 13.2 Å². The first-order valence-corrected chi connectivity index (χ1v) is 9.28. The minimum atomic E-state index is -0.410. The van der Waals surface area contributed by atoms with E-state index in [1.54, 1.807) is 0 Å². The SMILES string of the molecule is CC(C)(C)C(=O)NCCCC(=O)NCCc1cc(Cl)c2c(c1)OCCO2. The first-order valence-electron chi connectivity index (χ1n) is 8.90. The average Bonchev–Trinajstić information content (AvgIpc) is 2.58. The van der Waals surface area contributed by atoms with E-state index in [0.717, 1.165) is 5.56 Å². The fourth-order valence-electron chi connectivity index (χ4n) is 2.46. The largest absolute Gasteiger partial charge is 0.486 e. The molecular weight excluding hydrogens is 356 g/mol. The number of nitrogens with one attached hydrogen (secondary N) is 2. The number of hydrogen-bond acceptors (Lipinski definition) is 4. The zero-order chi connectivity index (χ0) is 19.2. The van der Waals surface area contributed by atoms with Gasteiger partial charge in [-0.05, 0) is 30.5 Å². The van der Waals surface area contributed by atoms with E-state index < -0.39 is 5.41 Å². The van der Waals surface area contributed by atoms with Crippen LogP contribution in [-0.2, 0) is 16.0 Å². The standard InChI is InChI=1S/C19H27ClN2O4/c1-19(2,3)18(24)22-7-4-5-16(23)21-8-6-13-11-14(20)17-15(12-13)25-9-10-26-17/h11-12H,4-10H2,1-3H3,(H,21,23)(H,22,24). The van der Waals surface area contributed by atoms with Crippen LogP contribution in [0.25, 0.3) is 0 Å². The smallest absolute Gasteiger partial charge is 0.225 e. The van der Waals surface area contributed by atoms with Crippen molar-refractivity contribution in [2.75, 3.05) is 26.3 Å². The van der Waals surface area contributed by atoms with Crippen LogP contribution in [0.1, 0.15) is 39.2 Å². The Labute approximate surface area is 159 Å². The van der Waals surface area contributed by atoms with Gasteiger partial charge in [0.15, 0.2) is 11.5 Å². The van der Waals surface area contributed by atoms with Crippen LogP contribution in [0.5, 0.6) is 11.5 Å². The van der Waals surface area contributed by atoms with Gasteiger partial charge in [0.25, 0.3) is 0 Å². The Kier molecular flexibility index (Phi) is 7.14. The van der Waals surface area contributed by atoms with Gasteiger partial charge in [-0.2, -0.15) is 0 Å². The lowest BCUT2D eigenvalue weighted by molar-refractivity contribution is -0.128. The Morgan fingerprint density at radius 3 is 2.58 bits per heavy atom. The van der Waals surface area contributed by atoms with Crippen molar-refractivity contribution in [2.24, 2.45) is 5.41 Å². The molecule has 0 atom stereocenters. The molecule has 2 rings (SSSR count). The van der Waals surface area contributed by atoms with E-state index in [-0.39, 0.29) is 11.8 Å². The van der Waals surface area contributed by atoms with Gasteiger partial charge in [-0.15, -0.1) is 0 Å².